The van der Waals surface area contributed by atoms with Gasteiger partial charge in [0, 0.05) is 13.2 Å². The van der Waals surface area contributed by atoms with Gasteiger partial charge in [0.1, 0.15) is 0 Å². The number of thiocarbonyl (C=S) groups is 1. The molecule has 0 aromatic carbocycles. The molecule has 0 aromatic rings. The molecule has 2 nitrogen and oxygen atoms in total. The van der Waals surface area contributed by atoms with E-state index >= 15 is 0 Å². The van der Waals surface area contributed by atoms with Gasteiger partial charge in [-0.1, -0.05) is 0 Å². The maximum absolute atomic E-state index is 5.28. The molecule has 0 bridgehead atoms. The molecule has 0 N–H and O–H groups in total. The molecule has 0 rings (SSSR count). The summed E-state index contributed by atoms with van der Waals surface area (Å²) in [7, 11) is 1.80. The Kier molecular flexibility index (Phi) is 4.08. The van der Waals surface area contributed by atoms with Crippen LogP contribution in [0.2, 0.25) is 19.1 Å². The fourth-order valence-electron chi connectivity index (χ4n) is 0.492. The first-order chi connectivity index (χ1) is 4.52. The average molecular weight is 178 g/mol. The van der Waals surface area contributed by atoms with Crippen LogP contribution in [0, 0.1) is 0 Å². The molecule has 60 valence electrons. The lowest BCUT2D eigenvalue weighted by Gasteiger charge is -2.18. The van der Waals surface area contributed by atoms with E-state index < -0.39 is 8.32 Å². The maximum Gasteiger partial charge on any atom is 0.194 e. The lowest BCUT2D eigenvalue weighted by Crippen LogP contribution is -2.31. The summed E-state index contributed by atoms with van der Waals surface area (Å²) in [5, 5.41) is 0.651. The lowest BCUT2D eigenvalue weighted by atomic mass is 10.8. The molecule has 10 heavy (non-hydrogen) atoms. The molecule has 0 aliphatic rings. The minimum Gasteiger partial charge on any atom is -0.490 e. The molecule has 0 amide bonds. The SMILES string of the molecule is COC(=S)C[Si](C)(C)OC. The van der Waals surface area contributed by atoms with Gasteiger partial charge in [-0.2, -0.15) is 0 Å². The van der Waals surface area contributed by atoms with Crippen molar-refractivity contribution in [3.8, 4) is 0 Å². The Morgan fingerprint density at radius 2 is 1.90 bits per heavy atom. The summed E-state index contributed by atoms with van der Waals surface area (Å²) in [6.07, 6.45) is 0. The van der Waals surface area contributed by atoms with Gasteiger partial charge in [0.2, 0.25) is 0 Å². The highest BCUT2D eigenvalue weighted by Crippen LogP contribution is 2.10. The van der Waals surface area contributed by atoms with Crippen LogP contribution in [0.3, 0.4) is 0 Å². The zero-order valence-electron chi connectivity index (χ0n) is 6.93. The van der Waals surface area contributed by atoms with Gasteiger partial charge in [0.05, 0.1) is 7.11 Å². The fourth-order valence-corrected chi connectivity index (χ4v) is 2.52. The van der Waals surface area contributed by atoms with Gasteiger partial charge in [0.25, 0.3) is 0 Å². The summed E-state index contributed by atoms with van der Waals surface area (Å²) in [6.45, 7) is 4.22. The number of methoxy groups -OCH3 is 1. The molecule has 4 heteroatoms. The Bertz CT molecular complexity index is 125. The van der Waals surface area contributed by atoms with Crippen LogP contribution in [0.25, 0.3) is 0 Å². The minimum atomic E-state index is -1.53. The van der Waals surface area contributed by atoms with Crippen molar-refractivity contribution in [2.45, 2.75) is 19.1 Å². The number of hydrogen-bond acceptors (Lipinski definition) is 3. The maximum atomic E-state index is 5.28. The zero-order chi connectivity index (χ0) is 8.20. The molecule has 0 heterocycles. The average Bonchev–Trinajstić information content (AvgIpc) is 1.87. The third-order valence-corrected chi connectivity index (χ3v) is 4.20. The van der Waals surface area contributed by atoms with Gasteiger partial charge in [-0.05, 0) is 25.3 Å². The minimum absolute atomic E-state index is 0.651. The van der Waals surface area contributed by atoms with Crippen molar-refractivity contribution in [1.29, 1.82) is 0 Å². The van der Waals surface area contributed by atoms with Gasteiger partial charge < -0.3 is 9.16 Å². The smallest absolute Gasteiger partial charge is 0.194 e. The predicted molar refractivity (Wildman–Crippen MR) is 48.9 cm³/mol. The van der Waals surface area contributed by atoms with Crippen molar-refractivity contribution >= 4 is 25.6 Å². The second kappa shape index (κ2) is 4.05. The number of ether oxygens (including phenoxy) is 1. The Balaban J connectivity index is 3.76. The van der Waals surface area contributed by atoms with Gasteiger partial charge in [-0.3, -0.25) is 0 Å². The quantitative estimate of drug-likeness (QED) is 0.485. The molecule has 0 saturated carbocycles. The summed E-state index contributed by atoms with van der Waals surface area (Å²) in [5.74, 6) is 0. The summed E-state index contributed by atoms with van der Waals surface area (Å²) >= 11 is 4.90. The molecule has 0 unspecified atom stereocenters. The largest absolute Gasteiger partial charge is 0.490 e. The van der Waals surface area contributed by atoms with Crippen molar-refractivity contribution < 1.29 is 9.16 Å². The highest BCUT2D eigenvalue weighted by atomic mass is 32.1. The second-order valence-corrected chi connectivity index (χ2v) is 7.45. The Morgan fingerprint density at radius 3 is 2.20 bits per heavy atom. The second-order valence-electron chi connectivity index (χ2n) is 2.72. The summed E-state index contributed by atoms with van der Waals surface area (Å²) in [5.41, 5.74) is 0. The molecule has 0 atom stereocenters. The van der Waals surface area contributed by atoms with E-state index in [0.717, 1.165) is 6.04 Å². The molecular formula is C6H14O2SSi. The normalized spacial score (nSPS) is 11.2. The topological polar surface area (TPSA) is 18.5 Å². The molecule has 0 aliphatic carbocycles. The highest BCUT2D eigenvalue weighted by molar-refractivity contribution is 7.80. The van der Waals surface area contributed by atoms with E-state index in [1.807, 2.05) is 0 Å². The van der Waals surface area contributed by atoms with Crippen molar-refractivity contribution in [1.82, 2.24) is 0 Å². The van der Waals surface area contributed by atoms with Crippen LogP contribution in [0.5, 0.6) is 0 Å². The van der Waals surface area contributed by atoms with E-state index in [9.17, 15) is 0 Å². The summed E-state index contributed by atoms with van der Waals surface area (Å²) in [4.78, 5) is 0. The molecule has 0 radical (unpaired) electrons. The Labute approximate surface area is 68.7 Å². The third kappa shape index (κ3) is 3.98. The molecular weight excluding hydrogens is 164 g/mol. The molecule has 0 spiro atoms. The monoisotopic (exact) mass is 178 g/mol. The number of rotatable bonds is 3. The van der Waals surface area contributed by atoms with Crippen LogP contribution in [-0.2, 0) is 9.16 Å². The van der Waals surface area contributed by atoms with E-state index in [2.05, 4.69) is 13.1 Å². The van der Waals surface area contributed by atoms with Crippen LogP contribution in [0.1, 0.15) is 0 Å². The number of hydrogen-bond donors (Lipinski definition) is 0. The first kappa shape index (κ1) is 10.1. The van der Waals surface area contributed by atoms with E-state index in [1.54, 1.807) is 14.2 Å². The van der Waals surface area contributed by atoms with Crippen LogP contribution < -0.4 is 0 Å². The third-order valence-electron chi connectivity index (χ3n) is 1.35. The lowest BCUT2D eigenvalue weighted by molar-refractivity contribution is 0.389. The standard InChI is InChI=1S/C6H14O2SSi/c1-7-6(9)5-10(3,4)8-2/h5H2,1-4H3. The van der Waals surface area contributed by atoms with Gasteiger partial charge >= 0.3 is 0 Å². The van der Waals surface area contributed by atoms with Crippen LogP contribution in [-0.4, -0.2) is 27.6 Å². The van der Waals surface area contributed by atoms with Crippen LogP contribution in [0.4, 0.5) is 0 Å². The molecule has 0 saturated heterocycles. The summed E-state index contributed by atoms with van der Waals surface area (Å²) in [6, 6.07) is 0.801. The van der Waals surface area contributed by atoms with Crippen molar-refractivity contribution in [3.05, 3.63) is 0 Å². The van der Waals surface area contributed by atoms with Crippen molar-refractivity contribution in [2.24, 2.45) is 0 Å². The predicted octanol–water partition coefficient (Wildman–Crippen LogP) is 1.81. The molecule has 0 aliphatic heterocycles. The van der Waals surface area contributed by atoms with E-state index in [0.29, 0.717) is 5.05 Å². The van der Waals surface area contributed by atoms with Crippen LogP contribution in [0.15, 0.2) is 0 Å². The van der Waals surface area contributed by atoms with E-state index in [1.165, 1.54) is 0 Å². The highest BCUT2D eigenvalue weighted by Gasteiger charge is 2.22. The zero-order valence-corrected chi connectivity index (χ0v) is 8.75. The summed E-state index contributed by atoms with van der Waals surface area (Å²) < 4.78 is 10.2. The van der Waals surface area contributed by atoms with Gasteiger partial charge in [-0.25, -0.2) is 0 Å². The van der Waals surface area contributed by atoms with Gasteiger partial charge in [0.15, 0.2) is 13.4 Å². The Hall–Kier alpha value is 0.0669. The van der Waals surface area contributed by atoms with Crippen LogP contribution >= 0.6 is 12.2 Å². The van der Waals surface area contributed by atoms with Crippen molar-refractivity contribution in [3.63, 3.8) is 0 Å². The first-order valence-electron chi connectivity index (χ1n) is 3.14. The fraction of sp³-hybridized carbons (Fsp3) is 0.833. The van der Waals surface area contributed by atoms with Gasteiger partial charge in [-0.15, -0.1) is 0 Å². The van der Waals surface area contributed by atoms with E-state index in [-0.39, 0.29) is 0 Å². The van der Waals surface area contributed by atoms with E-state index in [4.69, 9.17) is 21.4 Å². The first-order valence-corrected chi connectivity index (χ1v) is 6.66. The Morgan fingerprint density at radius 1 is 1.40 bits per heavy atom. The molecule has 0 aromatic heterocycles. The molecule has 0 fully saturated rings. The van der Waals surface area contributed by atoms with Crippen molar-refractivity contribution in [2.75, 3.05) is 14.2 Å².